The molecule has 1 fully saturated rings. The van der Waals surface area contributed by atoms with Gasteiger partial charge in [-0.25, -0.2) is 9.78 Å². The van der Waals surface area contributed by atoms with Crippen LogP contribution >= 0.6 is 0 Å². The molecule has 1 amide bonds. The maximum absolute atomic E-state index is 12.6. The summed E-state index contributed by atoms with van der Waals surface area (Å²) in [4.78, 5) is 36.4. The number of nitrogens with one attached hydrogen (secondary N) is 1. The molecule has 3 rings (SSSR count). The Labute approximate surface area is 139 Å². The molecule has 8 heteroatoms. The largest absolute Gasteiger partial charge is 0.345 e. The minimum Gasteiger partial charge on any atom is -0.339 e. The first-order valence-electron chi connectivity index (χ1n) is 8.22. The minimum absolute atomic E-state index is 0.0273. The Morgan fingerprint density at radius 1 is 1.50 bits per heavy atom. The van der Waals surface area contributed by atoms with Gasteiger partial charge in [-0.1, -0.05) is 19.0 Å². The zero-order chi connectivity index (χ0) is 17.1. The lowest BCUT2D eigenvalue weighted by atomic mass is 10.1. The van der Waals surface area contributed by atoms with Crippen LogP contribution in [-0.2, 0) is 11.2 Å². The highest BCUT2D eigenvalue weighted by Gasteiger charge is 2.30. The van der Waals surface area contributed by atoms with Gasteiger partial charge in [-0.15, -0.1) is 0 Å². The SMILES string of the molecule is CC(C)c1noc(CCC(=O)N2CCC[C@@H]2c2ccnc(=O)[nH]2)n1. The van der Waals surface area contributed by atoms with Crippen LogP contribution in [0, 0.1) is 0 Å². The highest BCUT2D eigenvalue weighted by atomic mass is 16.5. The van der Waals surface area contributed by atoms with E-state index in [1.807, 2.05) is 18.7 Å². The van der Waals surface area contributed by atoms with Gasteiger partial charge < -0.3 is 14.4 Å². The Kier molecular flexibility index (Phi) is 4.73. The van der Waals surface area contributed by atoms with Crippen LogP contribution < -0.4 is 5.69 Å². The molecule has 1 aliphatic rings. The van der Waals surface area contributed by atoms with E-state index in [0.717, 1.165) is 18.5 Å². The zero-order valence-corrected chi connectivity index (χ0v) is 13.9. The zero-order valence-electron chi connectivity index (χ0n) is 13.9. The fourth-order valence-electron chi connectivity index (χ4n) is 2.93. The number of hydrogen-bond donors (Lipinski definition) is 1. The Morgan fingerprint density at radius 2 is 2.33 bits per heavy atom. The molecule has 0 bridgehead atoms. The molecule has 1 saturated heterocycles. The van der Waals surface area contributed by atoms with Crippen LogP contribution in [0.5, 0.6) is 0 Å². The molecule has 1 N–H and O–H groups in total. The monoisotopic (exact) mass is 331 g/mol. The summed E-state index contributed by atoms with van der Waals surface area (Å²) in [6, 6.07) is 1.66. The van der Waals surface area contributed by atoms with Crippen LogP contribution in [0.3, 0.4) is 0 Å². The highest BCUT2D eigenvalue weighted by molar-refractivity contribution is 5.77. The second-order valence-electron chi connectivity index (χ2n) is 6.28. The Hall–Kier alpha value is -2.51. The summed E-state index contributed by atoms with van der Waals surface area (Å²) in [5, 5.41) is 3.91. The second-order valence-corrected chi connectivity index (χ2v) is 6.28. The lowest BCUT2D eigenvalue weighted by molar-refractivity contribution is -0.132. The molecule has 128 valence electrons. The molecule has 24 heavy (non-hydrogen) atoms. The van der Waals surface area contributed by atoms with E-state index in [4.69, 9.17) is 4.52 Å². The van der Waals surface area contributed by atoms with Crippen molar-refractivity contribution in [1.29, 1.82) is 0 Å². The van der Waals surface area contributed by atoms with E-state index < -0.39 is 0 Å². The number of aromatic amines is 1. The van der Waals surface area contributed by atoms with Crippen LogP contribution in [0.15, 0.2) is 21.6 Å². The van der Waals surface area contributed by atoms with E-state index in [1.54, 1.807) is 6.07 Å². The van der Waals surface area contributed by atoms with E-state index >= 15 is 0 Å². The Bertz CT molecular complexity index is 767. The summed E-state index contributed by atoms with van der Waals surface area (Å²) in [6.45, 7) is 4.67. The van der Waals surface area contributed by atoms with E-state index in [1.165, 1.54) is 6.20 Å². The lowest BCUT2D eigenvalue weighted by Crippen LogP contribution is -2.32. The van der Waals surface area contributed by atoms with Gasteiger partial charge in [0.05, 0.1) is 6.04 Å². The van der Waals surface area contributed by atoms with Crippen LogP contribution in [-0.4, -0.2) is 37.5 Å². The molecule has 0 saturated carbocycles. The van der Waals surface area contributed by atoms with E-state index in [2.05, 4.69) is 20.1 Å². The van der Waals surface area contributed by atoms with Gasteiger partial charge in [0.1, 0.15) is 0 Å². The first kappa shape index (κ1) is 16.4. The molecule has 8 nitrogen and oxygen atoms in total. The number of nitrogens with zero attached hydrogens (tertiary/aromatic N) is 4. The maximum Gasteiger partial charge on any atom is 0.345 e. The summed E-state index contributed by atoms with van der Waals surface area (Å²) in [5.74, 6) is 1.37. The standard InChI is InChI=1S/C16H21N5O3/c1-10(2)15-19-13(24-20-15)5-6-14(22)21-9-3-4-12(21)11-7-8-17-16(23)18-11/h7-8,10,12H,3-6,9H2,1-2H3,(H,17,18,23)/t12-/m1/s1. The van der Waals surface area contributed by atoms with Gasteiger partial charge in [0.15, 0.2) is 5.82 Å². The summed E-state index contributed by atoms with van der Waals surface area (Å²) in [7, 11) is 0. The van der Waals surface area contributed by atoms with Crippen molar-refractivity contribution < 1.29 is 9.32 Å². The second kappa shape index (κ2) is 6.94. The third kappa shape index (κ3) is 3.52. The third-order valence-electron chi connectivity index (χ3n) is 4.18. The average Bonchev–Trinajstić information content (AvgIpc) is 3.22. The maximum atomic E-state index is 12.6. The van der Waals surface area contributed by atoms with Crippen LogP contribution in [0.4, 0.5) is 0 Å². The van der Waals surface area contributed by atoms with Crippen LogP contribution in [0.25, 0.3) is 0 Å². The molecule has 0 unspecified atom stereocenters. The van der Waals surface area contributed by atoms with Gasteiger partial charge in [0.25, 0.3) is 0 Å². The fourth-order valence-corrected chi connectivity index (χ4v) is 2.93. The molecular formula is C16H21N5O3. The minimum atomic E-state index is -0.390. The third-order valence-corrected chi connectivity index (χ3v) is 4.18. The summed E-state index contributed by atoms with van der Waals surface area (Å²) in [5.41, 5.74) is 0.347. The molecule has 1 aliphatic heterocycles. The highest BCUT2D eigenvalue weighted by Crippen LogP contribution is 2.30. The van der Waals surface area contributed by atoms with Crippen LogP contribution in [0.2, 0.25) is 0 Å². The van der Waals surface area contributed by atoms with E-state index in [-0.39, 0.29) is 23.6 Å². The van der Waals surface area contributed by atoms with Crippen LogP contribution in [0.1, 0.15) is 62.5 Å². The molecule has 2 aromatic rings. The Balaban J connectivity index is 1.64. The van der Waals surface area contributed by atoms with Crippen molar-refractivity contribution in [3.8, 4) is 0 Å². The Morgan fingerprint density at radius 3 is 3.04 bits per heavy atom. The lowest BCUT2D eigenvalue weighted by Gasteiger charge is -2.24. The van der Waals surface area contributed by atoms with E-state index in [0.29, 0.717) is 31.1 Å². The molecule has 3 heterocycles. The van der Waals surface area contributed by atoms with Crippen molar-refractivity contribution in [2.24, 2.45) is 0 Å². The van der Waals surface area contributed by atoms with Gasteiger partial charge in [-0.3, -0.25) is 4.79 Å². The molecule has 0 radical (unpaired) electrons. The summed E-state index contributed by atoms with van der Waals surface area (Å²) >= 11 is 0. The van der Waals surface area contributed by atoms with Gasteiger partial charge in [-0.2, -0.15) is 4.98 Å². The number of rotatable bonds is 5. The van der Waals surface area contributed by atoms with Gasteiger partial charge in [0.2, 0.25) is 11.8 Å². The number of likely N-dealkylation sites (tertiary alicyclic amines) is 1. The van der Waals surface area contributed by atoms with Crippen molar-refractivity contribution in [2.75, 3.05) is 6.54 Å². The van der Waals surface area contributed by atoms with E-state index in [9.17, 15) is 9.59 Å². The topological polar surface area (TPSA) is 105 Å². The predicted molar refractivity (Wildman–Crippen MR) is 85.3 cm³/mol. The van der Waals surface area contributed by atoms with Gasteiger partial charge in [0, 0.05) is 37.2 Å². The first-order chi connectivity index (χ1) is 11.5. The number of carbonyl (C=O) groups is 1. The summed E-state index contributed by atoms with van der Waals surface area (Å²) in [6.07, 6.45) is 3.96. The quantitative estimate of drug-likeness (QED) is 0.891. The number of H-pyrrole nitrogens is 1. The number of aryl methyl sites for hydroxylation is 1. The van der Waals surface area contributed by atoms with Crippen molar-refractivity contribution in [3.63, 3.8) is 0 Å². The normalized spacial score (nSPS) is 17.6. The van der Waals surface area contributed by atoms with Gasteiger partial charge >= 0.3 is 5.69 Å². The molecule has 0 spiro atoms. The molecule has 2 aromatic heterocycles. The predicted octanol–water partition coefficient (Wildman–Crippen LogP) is 1.57. The molecule has 1 atom stereocenters. The molecule has 0 aliphatic carbocycles. The number of carbonyl (C=O) groups excluding carboxylic acids is 1. The van der Waals surface area contributed by atoms with Crippen molar-refractivity contribution in [3.05, 3.63) is 40.2 Å². The van der Waals surface area contributed by atoms with Crippen molar-refractivity contribution >= 4 is 5.91 Å². The van der Waals surface area contributed by atoms with Crippen molar-refractivity contribution in [1.82, 2.24) is 25.0 Å². The van der Waals surface area contributed by atoms with Gasteiger partial charge in [-0.05, 0) is 18.9 Å². The van der Waals surface area contributed by atoms with Crippen molar-refractivity contribution in [2.45, 2.75) is 51.5 Å². The number of amides is 1. The smallest absolute Gasteiger partial charge is 0.339 e. The molecular weight excluding hydrogens is 310 g/mol. The fraction of sp³-hybridized carbons (Fsp3) is 0.562. The number of hydrogen-bond acceptors (Lipinski definition) is 6. The molecule has 0 aromatic carbocycles. The number of aromatic nitrogens is 4. The summed E-state index contributed by atoms with van der Waals surface area (Å²) < 4.78 is 5.18. The average molecular weight is 331 g/mol. The first-order valence-corrected chi connectivity index (χ1v) is 8.22.